The van der Waals surface area contributed by atoms with Crippen LogP contribution in [-0.4, -0.2) is 39.2 Å². The standard InChI is InChI=1S/C29H41ClN2O5S/c1-19(20-13-14-25(24(30)18-20)32-38(8,35)36)26(33)31-22(15-16-37-27(34)29(5,6)7)17-21-11-9-10-12-23(21)28(2,3)4/h9-14,18-19,22,32H,15-17H2,1-8H3,(H,31,33)/t19-,22?/m0/s1. The molecule has 0 saturated heterocycles. The molecule has 7 nitrogen and oxygen atoms in total. The van der Waals surface area contributed by atoms with Crippen molar-refractivity contribution in [1.29, 1.82) is 0 Å². The van der Waals surface area contributed by atoms with Crippen LogP contribution in [0.1, 0.15) is 77.5 Å². The van der Waals surface area contributed by atoms with Crippen molar-refractivity contribution < 1.29 is 22.7 Å². The monoisotopic (exact) mass is 564 g/mol. The number of anilines is 1. The average Bonchev–Trinajstić information content (AvgIpc) is 2.77. The number of nitrogens with one attached hydrogen (secondary N) is 2. The molecule has 2 aromatic rings. The normalized spacial score (nSPS) is 13.9. The average molecular weight is 565 g/mol. The van der Waals surface area contributed by atoms with Crippen molar-refractivity contribution in [1.82, 2.24) is 5.32 Å². The molecule has 2 rings (SSSR count). The van der Waals surface area contributed by atoms with Crippen LogP contribution in [0, 0.1) is 5.41 Å². The lowest BCUT2D eigenvalue weighted by molar-refractivity contribution is -0.153. The Kier molecular flexibility index (Phi) is 10.4. The molecule has 0 fully saturated rings. The molecule has 1 amide bonds. The van der Waals surface area contributed by atoms with Gasteiger partial charge < -0.3 is 10.1 Å². The summed E-state index contributed by atoms with van der Waals surface area (Å²) >= 11 is 6.29. The highest BCUT2D eigenvalue weighted by atomic mass is 35.5. The van der Waals surface area contributed by atoms with Gasteiger partial charge in [0.05, 0.1) is 34.9 Å². The van der Waals surface area contributed by atoms with Crippen molar-refractivity contribution in [2.24, 2.45) is 5.41 Å². The summed E-state index contributed by atoms with van der Waals surface area (Å²) < 4.78 is 31.0. The zero-order chi connectivity index (χ0) is 28.9. The van der Waals surface area contributed by atoms with Gasteiger partial charge in [-0.25, -0.2) is 8.42 Å². The van der Waals surface area contributed by atoms with Gasteiger partial charge in [-0.3, -0.25) is 14.3 Å². The molecular formula is C29H41ClN2O5S. The van der Waals surface area contributed by atoms with Crippen LogP contribution >= 0.6 is 11.6 Å². The lowest BCUT2D eigenvalue weighted by Gasteiger charge is -2.27. The molecule has 2 atom stereocenters. The Morgan fingerprint density at radius 2 is 1.66 bits per heavy atom. The topological polar surface area (TPSA) is 102 Å². The fourth-order valence-corrected chi connectivity index (χ4v) is 4.86. The van der Waals surface area contributed by atoms with Crippen LogP contribution < -0.4 is 10.0 Å². The predicted molar refractivity (Wildman–Crippen MR) is 154 cm³/mol. The highest BCUT2D eigenvalue weighted by Gasteiger charge is 2.26. The summed E-state index contributed by atoms with van der Waals surface area (Å²) in [6.45, 7) is 13.8. The van der Waals surface area contributed by atoms with E-state index in [1.165, 1.54) is 5.56 Å². The van der Waals surface area contributed by atoms with Gasteiger partial charge in [0, 0.05) is 12.5 Å². The SMILES string of the molecule is C[C@H](C(=O)NC(CCOC(=O)C(C)(C)C)Cc1ccccc1C(C)(C)C)c1ccc(NS(C)(=O)=O)c(Cl)c1. The first-order valence-corrected chi connectivity index (χ1v) is 15.0. The van der Waals surface area contributed by atoms with Gasteiger partial charge in [-0.15, -0.1) is 0 Å². The first-order chi connectivity index (χ1) is 17.4. The van der Waals surface area contributed by atoms with Crippen molar-refractivity contribution in [2.45, 2.75) is 78.7 Å². The second kappa shape index (κ2) is 12.5. The number of esters is 1. The zero-order valence-electron chi connectivity index (χ0n) is 23.6. The van der Waals surface area contributed by atoms with Gasteiger partial charge in [-0.1, -0.05) is 62.7 Å². The van der Waals surface area contributed by atoms with Gasteiger partial charge in [-0.05, 0) is 68.4 Å². The summed E-state index contributed by atoms with van der Waals surface area (Å²) in [6.07, 6.45) is 2.08. The second-order valence-electron chi connectivity index (χ2n) is 11.8. The van der Waals surface area contributed by atoms with E-state index < -0.39 is 21.4 Å². The smallest absolute Gasteiger partial charge is 0.311 e. The molecule has 9 heteroatoms. The predicted octanol–water partition coefficient (Wildman–Crippen LogP) is 5.82. The van der Waals surface area contributed by atoms with E-state index >= 15 is 0 Å². The third-order valence-electron chi connectivity index (χ3n) is 6.13. The third-order valence-corrected chi connectivity index (χ3v) is 7.04. The van der Waals surface area contributed by atoms with E-state index in [2.05, 4.69) is 42.9 Å². The maximum atomic E-state index is 13.3. The molecule has 0 aliphatic rings. The Morgan fingerprint density at radius 3 is 2.21 bits per heavy atom. The van der Waals surface area contributed by atoms with Crippen LogP contribution in [0.25, 0.3) is 0 Å². The van der Waals surface area contributed by atoms with Crippen LogP contribution in [0.5, 0.6) is 0 Å². The van der Waals surface area contributed by atoms with Crippen molar-refractivity contribution in [3.8, 4) is 0 Å². The number of hydrogen-bond acceptors (Lipinski definition) is 5. The molecule has 0 bridgehead atoms. The molecule has 2 aromatic carbocycles. The van der Waals surface area contributed by atoms with Gasteiger partial charge >= 0.3 is 5.97 Å². The third kappa shape index (κ3) is 9.62. The number of ether oxygens (including phenoxy) is 1. The number of sulfonamides is 1. The lowest BCUT2D eigenvalue weighted by Crippen LogP contribution is -2.40. The Balaban J connectivity index is 2.24. The molecule has 0 aliphatic heterocycles. The summed E-state index contributed by atoms with van der Waals surface area (Å²) in [6, 6.07) is 12.7. The Hall–Kier alpha value is -2.58. The van der Waals surface area contributed by atoms with E-state index in [0.717, 1.165) is 11.8 Å². The summed E-state index contributed by atoms with van der Waals surface area (Å²) in [7, 11) is -3.48. The largest absolute Gasteiger partial charge is 0.465 e. The molecule has 0 saturated carbocycles. The van der Waals surface area contributed by atoms with Crippen LogP contribution in [0.2, 0.25) is 5.02 Å². The number of benzene rings is 2. The second-order valence-corrected chi connectivity index (χ2v) is 14.0. The summed E-state index contributed by atoms with van der Waals surface area (Å²) in [5.41, 5.74) is 2.54. The first kappa shape index (κ1) is 31.6. The van der Waals surface area contributed by atoms with Gasteiger partial charge in [0.2, 0.25) is 15.9 Å². The lowest BCUT2D eigenvalue weighted by atomic mass is 9.82. The van der Waals surface area contributed by atoms with Gasteiger partial charge in [0.15, 0.2) is 0 Å². The molecular weight excluding hydrogens is 524 g/mol. The van der Waals surface area contributed by atoms with E-state index in [4.69, 9.17) is 16.3 Å². The summed E-state index contributed by atoms with van der Waals surface area (Å²) in [5.74, 6) is -1.04. The van der Waals surface area contributed by atoms with E-state index in [9.17, 15) is 18.0 Å². The number of amides is 1. The minimum absolute atomic E-state index is 0.0738. The molecule has 0 aromatic heterocycles. The van der Waals surface area contributed by atoms with Crippen molar-refractivity contribution >= 4 is 39.2 Å². The molecule has 0 aliphatic carbocycles. The number of hydrogen-bond donors (Lipinski definition) is 2. The van der Waals surface area contributed by atoms with Crippen LogP contribution in [-0.2, 0) is 36.2 Å². The fourth-order valence-electron chi connectivity index (χ4n) is 3.99. The van der Waals surface area contributed by atoms with E-state index in [0.29, 0.717) is 18.4 Å². The summed E-state index contributed by atoms with van der Waals surface area (Å²) in [5, 5.41) is 3.35. The van der Waals surface area contributed by atoms with Gasteiger partial charge in [0.1, 0.15) is 0 Å². The van der Waals surface area contributed by atoms with E-state index in [1.54, 1.807) is 45.9 Å². The number of rotatable bonds is 10. The zero-order valence-corrected chi connectivity index (χ0v) is 25.2. The van der Waals surface area contributed by atoms with Crippen molar-refractivity contribution in [3.63, 3.8) is 0 Å². The molecule has 1 unspecified atom stereocenters. The van der Waals surface area contributed by atoms with Crippen molar-refractivity contribution in [2.75, 3.05) is 17.6 Å². The van der Waals surface area contributed by atoms with Crippen LogP contribution in [0.3, 0.4) is 0 Å². The number of halogens is 1. The minimum atomic E-state index is -3.48. The number of carbonyl (C=O) groups excluding carboxylic acids is 2. The van der Waals surface area contributed by atoms with Crippen molar-refractivity contribution in [3.05, 3.63) is 64.2 Å². The van der Waals surface area contributed by atoms with E-state index in [1.807, 2.05) is 12.1 Å². The number of carbonyl (C=O) groups is 2. The maximum absolute atomic E-state index is 13.3. The Morgan fingerprint density at radius 1 is 1.03 bits per heavy atom. The quantitative estimate of drug-likeness (QED) is 0.354. The van der Waals surface area contributed by atoms with E-state index in [-0.39, 0.29) is 40.7 Å². The minimum Gasteiger partial charge on any atom is -0.465 e. The highest BCUT2D eigenvalue weighted by molar-refractivity contribution is 7.92. The Labute approximate surface area is 232 Å². The molecule has 0 heterocycles. The van der Waals surface area contributed by atoms with Gasteiger partial charge in [0.25, 0.3) is 0 Å². The first-order valence-electron chi connectivity index (χ1n) is 12.7. The van der Waals surface area contributed by atoms with Crippen LogP contribution in [0.4, 0.5) is 5.69 Å². The molecule has 2 N–H and O–H groups in total. The summed E-state index contributed by atoms with van der Waals surface area (Å²) in [4.78, 5) is 25.6. The fraction of sp³-hybridized carbons (Fsp3) is 0.517. The van der Waals surface area contributed by atoms with Crippen LogP contribution in [0.15, 0.2) is 42.5 Å². The molecule has 0 radical (unpaired) electrons. The maximum Gasteiger partial charge on any atom is 0.311 e. The van der Waals surface area contributed by atoms with Gasteiger partial charge in [-0.2, -0.15) is 0 Å². The molecule has 0 spiro atoms. The Bertz CT molecular complexity index is 1250. The molecule has 38 heavy (non-hydrogen) atoms. The highest BCUT2D eigenvalue weighted by Crippen LogP contribution is 2.29. The molecule has 210 valence electrons.